The third-order valence-electron chi connectivity index (χ3n) is 4.12. The summed E-state index contributed by atoms with van der Waals surface area (Å²) in [5, 5.41) is 11.1. The van der Waals surface area contributed by atoms with Crippen molar-refractivity contribution in [2.45, 2.75) is 13.8 Å². The molecule has 5 nitrogen and oxygen atoms in total. The highest BCUT2D eigenvalue weighted by Crippen LogP contribution is 2.16. The van der Waals surface area contributed by atoms with E-state index in [1.165, 1.54) is 5.56 Å². The van der Waals surface area contributed by atoms with Crippen LogP contribution in [0.1, 0.15) is 21.5 Å². The summed E-state index contributed by atoms with van der Waals surface area (Å²) in [5.74, 6) is 0.326. The number of nitrogens with one attached hydrogen (secondary N) is 1. The standard InChI is InChI=1S/C21H21N3O2/c1-15-8-9-18(14-16(15)2)21(25)22-12-13-26-20-11-10-19(23-24-20)17-6-4-3-5-7-17/h3-11,14H,12-13H2,1-2H3,(H,22,25). The van der Waals surface area contributed by atoms with Crippen molar-refractivity contribution in [3.8, 4) is 17.1 Å². The molecule has 1 amide bonds. The highest BCUT2D eigenvalue weighted by molar-refractivity contribution is 5.94. The van der Waals surface area contributed by atoms with Gasteiger partial charge in [0.15, 0.2) is 0 Å². The van der Waals surface area contributed by atoms with Crippen LogP contribution in [0.3, 0.4) is 0 Å². The number of carbonyl (C=O) groups excluding carboxylic acids is 1. The first kappa shape index (κ1) is 17.6. The molecule has 0 aliphatic heterocycles. The van der Waals surface area contributed by atoms with Crippen molar-refractivity contribution < 1.29 is 9.53 Å². The molecule has 132 valence electrons. The fraction of sp³-hybridized carbons (Fsp3) is 0.190. The van der Waals surface area contributed by atoms with Crippen molar-refractivity contribution in [2.24, 2.45) is 0 Å². The van der Waals surface area contributed by atoms with Crippen LogP contribution in [-0.4, -0.2) is 29.3 Å². The zero-order chi connectivity index (χ0) is 18.4. The Morgan fingerprint density at radius 3 is 2.46 bits per heavy atom. The van der Waals surface area contributed by atoms with E-state index in [0.29, 0.717) is 24.6 Å². The molecule has 0 bridgehead atoms. The zero-order valence-corrected chi connectivity index (χ0v) is 14.9. The lowest BCUT2D eigenvalue weighted by Gasteiger charge is -2.08. The Balaban J connectivity index is 1.47. The Hall–Kier alpha value is -3.21. The molecule has 0 saturated carbocycles. The monoisotopic (exact) mass is 347 g/mol. The van der Waals surface area contributed by atoms with Crippen LogP contribution < -0.4 is 10.1 Å². The number of ether oxygens (including phenoxy) is 1. The van der Waals surface area contributed by atoms with E-state index >= 15 is 0 Å². The molecule has 2 aromatic carbocycles. The van der Waals surface area contributed by atoms with Crippen LogP contribution in [-0.2, 0) is 0 Å². The highest BCUT2D eigenvalue weighted by Gasteiger charge is 2.06. The van der Waals surface area contributed by atoms with Crippen molar-refractivity contribution in [3.63, 3.8) is 0 Å². The number of amides is 1. The summed E-state index contributed by atoms with van der Waals surface area (Å²) in [7, 11) is 0. The molecule has 26 heavy (non-hydrogen) atoms. The predicted octanol–water partition coefficient (Wildman–Crippen LogP) is 3.57. The van der Waals surface area contributed by atoms with E-state index < -0.39 is 0 Å². The average Bonchev–Trinajstić information content (AvgIpc) is 2.68. The van der Waals surface area contributed by atoms with Gasteiger partial charge in [-0.3, -0.25) is 4.79 Å². The minimum Gasteiger partial charge on any atom is -0.475 e. The molecule has 1 N–H and O–H groups in total. The maximum Gasteiger partial charge on any atom is 0.251 e. The number of benzene rings is 2. The Morgan fingerprint density at radius 2 is 1.77 bits per heavy atom. The lowest BCUT2D eigenvalue weighted by Crippen LogP contribution is -2.28. The first-order chi connectivity index (χ1) is 12.6. The van der Waals surface area contributed by atoms with Crippen LogP contribution in [0.4, 0.5) is 0 Å². The van der Waals surface area contributed by atoms with E-state index in [1.54, 1.807) is 6.07 Å². The van der Waals surface area contributed by atoms with Crippen LogP contribution >= 0.6 is 0 Å². The third-order valence-corrected chi connectivity index (χ3v) is 4.12. The van der Waals surface area contributed by atoms with E-state index in [2.05, 4.69) is 15.5 Å². The van der Waals surface area contributed by atoms with E-state index in [-0.39, 0.29) is 5.91 Å². The van der Waals surface area contributed by atoms with Crippen LogP contribution in [0, 0.1) is 13.8 Å². The molecule has 0 spiro atoms. The number of aromatic nitrogens is 2. The summed E-state index contributed by atoms with van der Waals surface area (Å²) in [6.45, 7) is 4.74. The van der Waals surface area contributed by atoms with Gasteiger partial charge in [-0.2, -0.15) is 0 Å². The minimum absolute atomic E-state index is 0.109. The Kier molecular flexibility index (Phi) is 5.59. The van der Waals surface area contributed by atoms with Gasteiger partial charge < -0.3 is 10.1 Å². The molecule has 1 heterocycles. The van der Waals surface area contributed by atoms with Crippen LogP contribution in [0.2, 0.25) is 0 Å². The van der Waals surface area contributed by atoms with E-state index in [4.69, 9.17) is 4.74 Å². The first-order valence-corrected chi connectivity index (χ1v) is 8.51. The molecular formula is C21H21N3O2. The maximum absolute atomic E-state index is 12.1. The molecule has 5 heteroatoms. The third kappa shape index (κ3) is 4.45. The number of hydrogen-bond acceptors (Lipinski definition) is 4. The number of carbonyl (C=O) groups is 1. The summed E-state index contributed by atoms with van der Waals surface area (Å²) >= 11 is 0. The SMILES string of the molecule is Cc1ccc(C(=O)NCCOc2ccc(-c3ccccc3)nn2)cc1C. The van der Waals surface area contributed by atoms with Gasteiger partial charge in [0.1, 0.15) is 6.61 Å². The van der Waals surface area contributed by atoms with Gasteiger partial charge in [-0.1, -0.05) is 36.4 Å². The van der Waals surface area contributed by atoms with Gasteiger partial charge in [0.25, 0.3) is 5.91 Å². The van der Waals surface area contributed by atoms with Gasteiger partial charge >= 0.3 is 0 Å². The first-order valence-electron chi connectivity index (χ1n) is 8.51. The normalized spacial score (nSPS) is 10.4. The van der Waals surface area contributed by atoms with E-state index in [9.17, 15) is 4.79 Å². The fourth-order valence-corrected chi connectivity index (χ4v) is 2.46. The van der Waals surface area contributed by atoms with Crippen LogP contribution in [0.25, 0.3) is 11.3 Å². The topological polar surface area (TPSA) is 64.1 Å². The minimum atomic E-state index is -0.109. The summed E-state index contributed by atoms with van der Waals surface area (Å²) in [6.07, 6.45) is 0. The number of rotatable bonds is 6. The summed E-state index contributed by atoms with van der Waals surface area (Å²) in [4.78, 5) is 12.1. The molecule has 0 saturated heterocycles. The maximum atomic E-state index is 12.1. The van der Waals surface area contributed by atoms with Crippen molar-refractivity contribution in [2.75, 3.05) is 13.2 Å². The van der Waals surface area contributed by atoms with Gasteiger partial charge in [-0.25, -0.2) is 0 Å². The summed E-state index contributed by atoms with van der Waals surface area (Å²) in [5.41, 5.74) is 4.72. The second kappa shape index (κ2) is 8.25. The molecule has 0 unspecified atom stereocenters. The van der Waals surface area contributed by atoms with Crippen molar-refractivity contribution in [1.82, 2.24) is 15.5 Å². The second-order valence-electron chi connectivity index (χ2n) is 6.03. The molecule has 0 aliphatic carbocycles. The van der Waals surface area contributed by atoms with Crippen molar-refractivity contribution in [1.29, 1.82) is 0 Å². The molecule has 3 rings (SSSR count). The Labute approximate surface area is 153 Å². The summed E-state index contributed by atoms with van der Waals surface area (Å²) in [6, 6.07) is 19.1. The molecule has 0 atom stereocenters. The molecule has 0 fully saturated rings. The largest absolute Gasteiger partial charge is 0.475 e. The lowest BCUT2D eigenvalue weighted by atomic mass is 10.1. The molecular weight excluding hydrogens is 326 g/mol. The van der Waals surface area contributed by atoms with Gasteiger partial charge in [0.05, 0.1) is 12.2 Å². The highest BCUT2D eigenvalue weighted by atomic mass is 16.5. The molecule has 3 aromatic rings. The number of nitrogens with zero attached hydrogens (tertiary/aromatic N) is 2. The molecule has 0 radical (unpaired) electrons. The predicted molar refractivity (Wildman–Crippen MR) is 101 cm³/mol. The van der Waals surface area contributed by atoms with E-state index in [1.807, 2.05) is 68.4 Å². The second-order valence-corrected chi connectivity index (χ2v) is 6.03. The average molecular weight is 347 g/mol. The van der Waals surface area contributed by atoms with Crippen molar-refractivity contribution >= 4 is 5.91 Å². The Morgan fingerprint density at radius 1 is 0.962 bits per heavy atom. The van der Waals surface area contributed by atoms with Gasteiger partial charge in [-0.15, -0.1) is 10.2 Å². The van der Waals surface area contributed by atoms with Gasteiger partial charge in [-0.05, 0) is 43.2 Å². The Bertz CT molecular complexity index is 878. The number of aryl methyl sites for hydroxylation is 2. The number of hydrogen-bond donors (Lipinski definition) is 1. The smallest absolute Gasteiger partial charge is 0.251 e. The fourth-order valence-electron chi connectivity index (χ4n) is 2.46. The molecule has 1 aromatic heterocycles. The van der Waals surface area contributed by atoms with Crippen LogP contribution in [0.5, 0.6) is 5.88 Å². The van der Waals surface area contributed by atoms with Crippen LogP contribution in [0.15, 0.2) is 60.7 Å². The zero-order valence-electron chi connectivity index (χ0n) is 14.9. The summed E-state index contributed by atoms with van der Waals surface area (Å²) < 4.78 is 5.54. The van der Waals surface area contributed by atoms with Gasteiger partial charge in [0.2, 0.25) is 5.88 Å². The van der Waals surface area contributed by atoms with Gasteiger partial charge in [0, 0.05) is 17.2 Å². The van der Waals surface area contributed by atoms with E-state index in [0.717, 1.165) is 16.8 Å². The van der Waals surface area contributed by atoms with Crippen molar-refractivity contribution in [3.05, 3.63) is 77.4 Å². The quantitative estimate of drug-likeness (QED) is 0.693. The lowest BCUT2D eigenvalue weighted by molar-refractivity contribution is 0.0946. The molecule has 0 aliphatic rings.